The summed E-state index contributed by atoms with van der Waals surface area (Å²) >= 11 is 0. The van der Waals surface area contributed by atoms with Crippen molar-refractivity contribution in [2.75, 3.05) is 16.3 Å². The summed E-state index contributed by atoms with van der Waals surface area (Å²) in [7, 11) is -3.26. The molecular formula is C15H18N2O3S. The third-order valence-electron chi connectivity index (χ3n) is 3.56. The van der Waals surface area contributed by atoms with E-state index < -0.39 is 10.0 Å². The highest BCUT2D eigenvalue weighted by atomic mass is 32.2. The van der Waals surface area contributed by atoms with Crippen LogP contribution in [0.4, 0.5) is 11.4 Å². The summed E-state index contributed by atoms with van der Waals surface area (Å²) in [5.41, 5.74) is 2.65. The van der Waals surface area contributed by atoms with E-state index in [4.69, 9.17) is 4.42 Å². The van der Waals surface area contributed by atoms with Gasteiger partial charge in [-0.3, -0.25) is 4.72 Å². The largest absolute Gasteiger partial charge is 0.469 e. The molecule has 1 atom stereocenters. The van der Waals surface area contributed by atoms with Crippen molar-refractivity contribution in [2.45, 2.75) is 25.3 Å². The number of anilines is 2. The molecule has 5 nitrogen and oxygen atoms in total. The van der Waals surface area contributed by atoms with Gasteiger partial charge in [0.25, 0.3) is 0 Å². The van der Waals surface area contributed by atoms with Crippen molar-refractivity contribution in [3.8, 4) is 0 Å². The molecule has 1 aromatic carbocycles. The molecule has 1 aliphatic carbocycles. The monoisotopic (exact) mass is 306 g/mol. The van der Waals surface area contributed by atoms with Crippen molar-refractivity contribution < 1.29 is 12.8 Å². The number of rotatable bonds is 4. The first-order valence-corrected chi connectivity index (χ1v) is 8.81. The van der Waals surface area contributed by atoms with E-state index in [2.05, 4.69) is 10.0 Å². The van der Waals surface area contributed by atoms with Crippen LogP contribution in [0.15, 0.2) is 41.0 Å². The fourth-order valence-electron chi connectivity index (χ4n) is 2.72. The Labute approximate surface area is 124 Å². The number of fused-ring (bicyclic) bond motifs is 1. The van der Waals surface area contributed by atoms with Crippen LogP contribution in [0.1, 0.15) is 30.2 Å². The van der Waals surface area contributed by atoms with Gasteiger partial charge in [-0.1, -0.05) is 6.07 Å². The van der Waals surface area contributed by atoms with Gasteiger partial charge in [0.05, 0.1) is 24.2 Å². The molecule has 0 bridgehead atoms. The lowest BCUT2D eigenvalue weighted by molar-refractivity contribution is 0.461. The summed E-state index contributed by atoms with van der Waals surface area (Å²) in [6.07, 6.45) is 5.98. The van der Waals surface area contributed by atoms with Gasteiger partial charge in [0.15, 0.2) is 0 Å². The Hall–Kier alpha value is -1.95. The van der Waals surface area contributed by atoms with E-state index in [0.717, 1.165) is 37.0 Å². The first kappa shape index (κ1) is 14.0. The third-order valence-corrected chi connectivity index (χ3v) is 4.17. The smallest absolute Gasteiger partial charge is 0.229 e. The Balaban J connectivity index is 1.79. The molecule has 0 spiro atoms. The summed E-state index contributed by atoms with van der Waals surface area (Å²) in [6, 6.07) is 9.51. The van der Waals surface area contributed by atoms with E-state index in [0.29, 0.717) is 5.69 Å². The minimum atomic E-state index is -3.26. The molecular weight excluding hydrogens is 288 g/mol. The van der Waals surface area contributed by atoms with E-state index >= 15 is 0 Å². The number of nitrogens with one attached hydrogen (secondary N) is 2. The fourth-order valence-corrected chi connectivity index (χ4v) is 3.28. The van der Waals surface area contributed by atoms with Gasteiger partial charge in [0.1, 0.15) is 5.76 Å². The predicted molar refractivity (Wildman–Crippen MR) is 82.9 cm³/mol. The van der Waals surface area contributed by atoms with Gasteiger partial charge in [0.2, 0.25) is 10.0 Å². The second-order valence-electron chi connectivity index (χ2n) is 5.34. The molecule has 21 heavy (non-hydrogen) atoms. The van der Waals surface area contributed by atoms with Crippen molar-refractivity contribution >= 4 is 21.4 Å². The molecule has 3 rings (SSSR count). The van der Waals surface area contributed by atoms with Crippen molar-refractivity contribution in [3.05, 3.63) is 47.9 Å². The zero-order valence-corrected chi connectivity index (χ0v) is 12.6. The predicted octanol–water partition coefficient (Wildman–Crippen LogP) is 3.14. The molecule has 6 heteroatoms. The zero-order valence-electron chi connectivity index (χ0n) is 11.8. The van der Waals surface area contributed by atoms with Crippen LogP contribution < -0.4 is 10.0 Å². The number of aryl methyl sites for hydroxylation is 1. The number of hydrogen-bond donors (Lipinski definition) is 2. The molecule has 0 saturated heterocycles. The maximum atomic E-state index is 11.3. The van der Waals surface area contributed by atoms with Crippen LogP contribution in [0, 0.1) is 0 Å². The molecule has 0 fully saturated rings. The average molecular weight is 306 g/mol. The van der Waals surface area contributed by atoms with E-state index in [1.165, 1.54) is 5.56 Å². The Morgan fingerprint density at radius 2 is 2.05 bits per heavy atom. The highest BCUT2D eigenvalue weighted by molar-refractivity contribution is 7.92. The zero-order chi connectivity index (χ0) is 14.9. The quantitative estimate of drug-likeness (QED) is 0.910. The van der Waals surface area contributed by atoms with Crippen molar-refractivity contribution in [3.63, 3.8) is 0 Å². The summed E-state index contributed by atoms with van der Waals surface area (Å²) in [6.45, 7) is 0. The van der Waals surface area contributed by atoms with Gasteiger partial charge in [0, 0.05) is 17.7 Å². The van der Waals surface area contributed by atoms with Gasteiger partial charge in [-0.15, -0.1) is 0 Å². The van der Waals surface area contributed by atoms with E-state index in [9.17, 15) is 8.42 Å². The van der Waals surface area contributed by atoms with E-state index in [1.54, 1.807) is 18.4 Å². The number of sulfonamides is 1. The van der Waals surface area contributed by atoms with Crippen LogP contribution in [0.3, 0.4) is 0 Å². The van der Waals surface area contributed by atoms with Crippen LogP contribution in [0.25, 0.3) is 0 Å². The number of hydrogen-bond acceptors (Lipinski definition) is 4. The molecule has 2 aromatic rings. The summed E-state index contributed by atoms with van der Waals surface area (Å²) in [4.78, 5) is 0. The lowest BCUT2D eigenvalue weighted by atomic mass is 9.93. The van der Waals surface area contributed by atoms with Crippen LogP contribution >= 0.6 is 0 Å². The Bertz CT molecular complexity index is 737. The Kier molecular flexibility index (Phi) is 3.63. The van der Waals surface area contributed by atoms with Crippen LogP contribution in [-0.4, -0.2) is 14.7 Å². The van der Waals surface area contributed by atoms with E-state index in [1.807, 2.05) is 18.2 Å². The van der Waals surface area contributed by atoms with Crippen molar-refractivity contribution in [2.24, 2.45) is 0 Å². The minimum absolute atomic E-state index is 0.209. The maximum absolute atomic E-state index is 11.3. The summed E-state index contributed by atoms with van der Waals surface area (Å²) in [5, 5.41) is 3.45. The lowest BCUT2D eigenvalue weighted by Gasteiger charge is -2.24. The molecule has 0 unspecified atom stereocenters. The molecule has 1 aromatic heterocycles. The molecule has 1 aliphatic rings. The van der Waals surface area contributed by atoms with Crippen molar-refractivity contribution in [1.29, 1.82) is 0 Å². The Morgan fingerprint density at radius 1 is 1.24 bits per heavy atom. The summed E-state index contributed by atoms with van der Waals surface area (Å²) in [5.74, 6) is 1.05. The molecule has 0 saturated carbocycles. The Morgan fingerprint density at radius 3 is 2.86 bits per heavy atom. The molecule has 0 amide bonds. The lowest BCUT2D eigenvalue weighted by Crippen LogP contribution is -2.16. The first-order chi connectivity index (χ1) is 10.0. The number of benzene rings is 1. The fraction of sp³-hybridized carbons (Fsp3) is 0.333. The average Bonchev–Trinajstić information content (AvgIpc) is 2.86. The highest BCUT2D eigenvalue weighted by Gasteiger charge is 2.22. The van der Waals surface area contributed by atoms with Gasteiger partial charge in [-0.05, 0) is 37.1 Å². The molecule has 2 N–H and O–H groups in total. The van der Waals surface area contributed by atoms with Gasteiger partial charge in [-0.25, -0.2) is 8.42 Å². The molecule has 112 valence electrons. The van der Waals surface area contributed by atoms with Crippen LogP contribution in [-0.2, 0) is 16.4 Å². The normalized spacial score (nSPS) is 18.0. The van der Waals surface area contributed by atoms with E-state index in [-0.39, 0.29) is 6.04 Å². The number of furan rings is 1. The molecule has 0 radical (unpaired) electrons. The second kappa shape index (κ2) is 5.44. The summed E-state index contributed by atoms with van der Waals surface area (Å²) < 4.78 is 30.5. The SMILES string of the molecule is CS(=O)(=O)Nc1cccc(N[C@H]2CCCc3occc32)c1. The third kappa shape index (κ3) is 3.39. The van der Waals surface area contributed by atoms with Crippen molar-refractivity contribution in [1.82, 2.24) is 0 Å². The van der Waals surface area contributed by atoms with Crippen LogP contribution in [0.5, 0.6) is 0 Å². The van der Waals surface area contributed by atoms with Gasteiger partial charge < -0.3 is 9.73 Å². The molecule has 1 heterocycles. The maximum Gasteiger partial charge on any atom is 0.229 e. The minimum Gasteiger partial charge on any atom is -0.469 e. The van der Waals surface area contributed by atoms with Gasteiger partial charge >= 0.3 is 0 Å². The van der Waals surface area contributed by atoms with Gasteiger partial charge in [-0.2, -0.15) is 0 Å². The first-order valence-electron chi connectivity index (χ1n) is 6.92. The topological polar surface area (TPSA) is 71.3 Å². The van der Waals surface area contributed by atoms with Crippen LogP contribution in [0.2, 0.25) is 0 Å². The molecule has 0 aliphatic heterocycles. The standard InChI is InChI=1S/C15H18N2O3S/c1-21(18,19)17-12-5-2-4-11(10-12)16-14-6-3-7-15-13(14)8-9-20-15/h2,4-5,8-10,14,16-17H,3,6-7H2,1H3/t14-/m0/s1. The highest BCUT2D eigenvalue weighted by Crippen LogP contribution is 2.33. The second-order valence-corrected chi connectivity index (χ2v) is 7.09.